The minimum atomic E-state index is -3.54. The Morgan fingerprint density at radius 3 is 2.71 bits per heavy atom. The average Bonchev–Trinajstić information content (AvgIpc) is 2.47. The van der Waals surface area contributed by atoms with Crippen LogP contribution in [0.15, 0.2) is 23.1 Å². The molecule has 3 N–H and O–H groups in total. The summed E-state index contributed by atoms with van der Waals surface area (Å²) in [6.45, 7) is 3.79. The lowest BCUT2D eigenvalue weighted by Gasteiger charge is -2.12. The fourth-order valence-electron chi connectivity index (χ4n) is 1.90. The molecule has 0 aliphatic heterocycles. The highest BCUT2D eigenvalue weighted by molar-refractivity contribution is 7.89. The zero-order valence-electron chi connectivity index (χ0n) is 12.6. The van der Waals surface area contributed by atoms with E-state index in [9.17, 15) is 8.42 Å². The summed E-state index contributed by atoms with van der Waals surface area (Å²) in [6.07, 6.45) is 1.11. The molecule has 0 unspecified atom stereocenters. The van der Waals surface area contributed by atoms with E-state index in [1.165, 1.54) is 0 Å². The fraction of sp³-hybridized carbons (Fsp3) is 0.571. The number of hydrogen-bond acceptors (Lipinski definition) is 5. The second kappa shape index (κ2) is 8.99. The lowest BCUT2D eigenvalue weighted by atomic mass is 10.1. The van der Waals surface area contributed by atoms with Crippen molar-refractivity contribution in [3.05, 3.63) is 23.8 Å². The molecule has 7 heteroatoms. The topological polar surface area (TPSA) is 90.6 Å². The standard InChI is InChI=1S/C14H24N2O4S/c1-3-20-10-4-9-16-21(17,18)14-6-5-13(19-2)11-12(14)7-8-15/h5-6,11,16H,3-4,7-10,15H2,1-2H3. The van der Waals surface area contributed by atoms with E-state index in [4.69, 9.17) is 15.2 Å². The number of methoxy groups -OCH3 is 1. The van der Waals surface area contributed by atoms with Gasteiger partial charge in [-0.15, -0.1) is 0 Å². The molecule has 0 saturated heterocycles. The first kappa shape index (κ1) is 17.9. The van der Waals surface area contributed by atoms with Gasteiger partial charge in [-0.25, -0.2) is 13.1 Å². The summed E-state index contributed by atoms with van der Waals surface area (Å²) >= 11 is 0. The van der Waals surface area contributed by atoms with E-state index in [1.54, 1.807) is 25.3 Å². The molecule has 120 valence electrons. The van der Waals surface area contributed by atoms with E-state index in [2.05, 4.69) is 4.72 Å². The summed E-state index contributed by atoms with van der Waals surface area (Å²) in [5, 5.41) is 0. The van der Waals surface area contributed by atoms with Gasteiger partial charge in [0.15, 0.2) is 0 Å². The summed E-state index contributed by atoms with van der Waals surface area (Å²) in [5.41, 5.74) is 6.21. The van der Waals surface area contributed by atoms with E-state index in [0.29, 0.717) is 50.5 Å². The predicted molar refractivity (Wildman–Crippen MR) is 82.1 cm³/mol. The van der Waals surface area contributed by atoms with Crippen LogP contribution in [0.4, 0.5) is 0 Å². The van der Waals surface area contributed by atoms with Crippen molar-refractivity contribution in [1.29, 1.82) is 0 Å². The molecular formula is C14H24N2O4S. The van der Waals surface area contributed by atoms with Crippen LogP contribution in [-0.2, 0) is 21.2 Å². The van der Waals surface area contributed by atoms with Gasteiger partial charge in [0, 0.05) is 19.8 Å². The molecule has 21 heavy (non-hydrogen) atoms. The van der Waals surface area contributed by atoms with Crippen molar-refractivity contribution in [2.75, 3.05) is 33.4 Å². The lowest BCUT2D eigenvalue weighted by molar-refractivity contribution is 0.146. The second-order valence-corrected chi connectivity index (χ2v) is 6.20. The zero-order valence-corrected chi connectivity index (χ0v) is 13.4. The smallest absolute Gasteiger partial charge is 0.240 e. The molecule has 0 aliphatic carbocycles. The van der Waals surface area contributed by atoms with Crippen LogP contribution in [-0.4, -0.2) is 41.8 Å². The van der Waals surface area contributed by atoms with E-state index in [-0.39, 0.29) is 4.90 Å². The van der Waals surface area contributed by atoms with Crippen LogP contribution >= 0.6 is 0 Å². The van der Waals surface area contributed by atoms with Gasteiger partial charge in [-0.2, -0.15) is 0 Å². The Kier molecular flexibility index (Phi) is 7.66. The highest BCUT2D eigenvalue weighted by atomic mass is 32.2. The third-order valence-corrected chi connectivity index (χ3v) is 4.49. The first-order valence-electron chi connectivity index (χ1n) is 6.99. The molecule has 1 rings (SSSR count). The van der Waals surface area contributed by atoms with Crippen LogP contribution in [0.1, 0.15) is 18.9 Å². The number of nitrogens with two attached hydrogens (primary N) is 1. The highest BCUT2D eigenvalue weighted by Crippen LogP contribution is 2.22. The fourth-order valence-corrected chi connectivity index (χ4v) is 3.22. The number of sulfonamides is 1. The van der Waals surface area contributed by atoms with Crippen molar-refractivity contribution in [3.63, 3.8) is 0 Å². The molecule has 0 aliphatic rings. The van der Waals surface area contributed by atoms with Crippen molar-refractivity contribution in [2.24, 2.45) is 5.73 Å². The molecule has 0 bridgehead atoms. The van der Waals surface area contributed by atoms with Crippen molar-refractivity contribution in [2.45, 2.75) is 24.7 Å². The van der Waals surface area contributed by atoms with Gasteiger partial charge in [-0.3, -0.25) is 0 Å². The van der Waals surface area contributed by atoms with Gasteiger partial charge in [0.1, 0.15) is 5.75 Å². The molecule has 6 nitrogen and oxygen atoms in total. The number of nitrogens with one attached hydrogen (secondary N) is 1. The van der Waals surface area contributed by atoms with Crippen LogP contribution < -0.4 is 15.2 Å². The zero-order chi connectivity index (χ0) is 15.7. The third-order valence-electron chi connectivity index (χ3n) is 2.93. The van der Waals surface area contributed by atoms with Crippen molar-refractivity contribution >= 4 is 10.0 Å². The molecule has 0 saturated carbocycles. The number of rotatable bonds is 10. The Labute approximate surface area is 126 Å². The van der Waals surface area contributed by atoms with Gasteiger partial charge in [-0.1, -0.05) is 0 Å². The molecule has 0 spiro atoms. The van der Waals surface area contributed by atoms with Gasteiger partial charge in [0.2, 0.25) is 10.0 Å². The molecule has 0 radical (unpaired) electrons. The van der Waals surface area contributed by atoms with Gasteiger partial charge in [-0.05, 0) is 50.1 Å². The van der Waals surface area contributed by atoms with Crippen LogP contribution in [0.25, 0.3) is 0 Å². The monoisotopic (exact) mass is 316 g/mol. The van der Waals surface area contributed by atoms with Crippen LogP contribution in [0.3, 0.4) is 0 Å². The van der Waals surface area contributed by atoms with Crippen LogP contribution in [0.2, 0.25) is 0 Å². The first-order chi connectivity index (χ1) is 10.0. The summed E-state index contributed by atoms with van der Waals surface area (Å²) in [7, 11) is -2.00. The Hall–Kier alpha value is -1.15. The van der Waals surface area contributed by atoms with Crippen LogP contribution in [0.5, 0.6) is 5.75 Å². The number of benzene rings is 1. The van der Waals surface area contributed by atoms with Crippen molar-refractivity contribution in [3.8, 4) is 5.75 Å². The van der Waals surface area contributed by atoms with E-state index >= 15 is 0 Å². The normalized spacial score (nSPS) is 11.6. The maximum absolute atomic E-state index is 12.3. The van der Waals surface area contributed by atoms with Gasteiger partial charge in [0.05, 0.1) is 12.0 Å². The van der Waals surface area contributed by atoms with Gasteiger partial charge in [0.25, 0.3) is 0 Å². The minimum absolute atomic E-state index is 0.255. The average molecular weight is 316 g/mol. The van der Waals surface area contributed by atoms with E-state index in [0.717, 1.165) is 0 Å². The Morgan fingerprint density at radius 2 is 2.10 bits per heavy atom. The van der Waals surface area contributed by atoms with Crippen molar-refractivity contribution < 1.29 is 17.9 Å². The Balaban J connectivity index is 2.81. The minimum Gasteiger partial charge on any atom is -0.497 e. The van der Waals surface area contributed by atoms with Crippen LogP contribution in [0, 0.1) is 0 Å². The maximum atomic E-state index is 12.3. The highest BCUT2D eigenvalue weighted by Gasteiger charge is 2.18. The summed E-state index contributed by atoms with van der Waals surface area (Å²) < 4.78 is 37.5. The predicted octanol–water partition coefficient (Wildman–Crippen LogP) is 0.901. The van der Waals surface area contributed by atoms with Gasteiger partial charge < -0.3 is 15.2 Å². The molecular weight excluding hydrogens is 292 g/mol. The first-order valence-corrected chi connectivity index (χ1v) is 8.47. The second-order valence-electron chi connectivity index (χ2n) is 4.46. The molecule has 1 aromatic rings. The van der Waals surface area contributed by atoms with E-state index in [1.807, 2.05) is 6.92 Å². The maximum Gasteiger partial charge on any atom is 0.240 e. The largest absolute Gasteiger partial charge is 0.497 e. The molecule has 0 heterocycles. The number of ether oxygens (including phenoxy) is 2. The quantitative estimate of drug-likeness (QED) is 0.626. The SMILES string of the molecule is CCOCCCNS(=O)(=O)c1ccc(OC)cc1CCN. The lowest BCUT2D eigenvalue weighted by Crippen LogP contribution is -2.27. The summed E-state index contributed by atoms with van der Waals surface area (Å²) in [4.78, 5) is 0.255. The third kappa shape index (κ3) is 5.62. The molecule has 0 amide bonds. The molecule has 0 atom stereocenters. The summed E-state index contributed by atoms with van der Waals surface area (Å²) in [5.74, 6) is 0.619. The molecule has 0 aromatic heterocycles. The molecule has 0 fully saturated rings. The van der Waals surface area contributed by atoms with Crippen molar-refractivity contribution in [1.82, 2.24) is 4.72 Å². The molecule has 1 aromatic carbocycles. The van der Waals surface area contributed by atoms with E-state index < -0.39 is 10.0 Å². The number of hydrogen-bond donors (Lipinski definition) is 2. The Morgan fingerprint density at radius 1 is 1.33 bits per heavy atom. The van der Waals surface area contributed by atoms with Gasteiger partial charge >= 0.3 is 0 Å². The summed E-state index contributed by atoms with van der Waals surface area (Å²) in [6, 6.07) is 4.89. The Bertz CT molecular complexity index is 532.